The number of amides is 1. The van der Waals surface area contributed by atoms with Gasteiger partial charge in [0, 0.05) is 19.4 Å². The Labute approximate surface area is 153 Å². The maximum Gasteiger partial charge on any atom is 0.326 e. The molecule has 26 heavy (non-hydrogen) atoms. The predicted octanol–water partition coefficient (Wildman–Crippen LogP) is 3.23. The molecular formula is C21H23NO4. The zero-order chi connectivity index (χ0) is 18.7. The highest BCUT2D eigenvalue weighted by molar-refractivity contribution is 5.85. The second-order valence-electron chi connectivity index (χ2n) is 6.70. The summed E-state index contributed by atoms with van der Waals surface area (Å²) in [6.07, 6.45) is 0.590. The lowest BCUT2D eigenvalue weighted by atomic mass is 9.91. The molecule has 0 fully saturated rings. The van der Waals surface area contributed by atoms with E-state index in [-0.39, 0.29) is 18.2 Å². The molecule has 0 spiro atoms. The molecule has 5 nitrogen and oxygen atoms in total. The summed E-state index contributed by atoms with van der Waals surface area (Å²) < 4.78 is 5.38. The Morgan fingerprint density at radius 3 is 2.50 bits per heavy atom. The number of benzene rings is 2. The summed E-state index contributed by atoms with van der Waals surface area (Å²) in [6, 6.07) is 14.5. The number of carbonyl (C=O) groups excluding carboxylic acids is 1. The largest absolute Gasteiger partial charge is 0.496 e. The van der Waals surface area contributed by atoms with Gasteiger partial charge in [-0.15, -0.1) is 0 Å². The Morgan fingerprint density at radius 2 is 1.81 bits per heavy atom. The van der Waals surface area contributed by atoms with Gasteiger partial charge in [0.1, 0.15) is 11.8 Å². The summed E-state index contributed by atoms with van der Waals surface area (Å²) in [6.45, 7) is 2.30. The van der Waals surface area contributed by atoms with Crippen LogP contribution in [0.25, 0.3) is 0 Å². The molecule has 0 bridgehead atoms. The predicted molar refractivity (Wildman–Crippen MR) is 98.1 cm³/mol. The van der Waals surface area contributed by atoms with Gasteiger partial charge >= 0.3 is 5.97 Å². The van der Waals surface area contributed by atoms with Crippen molar-refractivity contribution >= 4 is 11.9 Å². The van der Waals surface area contributed by atoms with Crippen LogP contribution in [0, 0.1) is 0 Å². The van der Waals surface area contributed by atoms with Crippen molar-refractivity contribution in [1.82, 2.24) is 4.90 Å². The van der Waals surface area contributed by atoms with Gasteiger partial charge in [0.25, 0.3) is 0 Å². The van der Waals surface area contributed by atoms with Gasteiger partial charge in [0.05, 0.1) is 7.11 Å². The van der Waals surface area contributed by atoms with Gasteiger partial charge in [-0.1, -0.05) is 49.4 Å². The number of rotatable bonds is 5. The summed E-state index contributed by atoms with van der Waals surface area (Å²) in [7, 11) is 1.61. The fourth-order valence-electron chi connectivity index (χ4n) is 3.57. The smallest absolute Gasteiger partial charge is 0.326 e. The third-order valence-electron chi connectivity index (χ3n) is 5.00. The number of carboxylic acids is 1. The summed E-state index contributed by atoms with van der Waals surface area (Å²) in [5, 5.41) is 9.60. The molecule has 0 unspecified atom stereocenters. The van der Waals surface area contributed by atoms with Crippen LogP contribution in [0.1, 0.15) is 36.0 Å². The van der Waals surface area contributed by atoms with Gasteiger partial charge in [0.2, 0.25) is 5.91 Å². The number of aliphatic carboxylic acids is 1. The number of carbonyl (C=O) groups is 2. The maximum absolute atomic E-state index is 12.9. The number of nitrogens with zero attached hydrogens (tertiary/aromatic N) is 1. The van der Waals surface area contributed by atoms with Crippen LogP contribution in [0.4, 0.5) is 0 Å². The molecule has 2 aromatic carbocycles. The lowest BCUT2D eigenvalue weighted by Crippen LogP contribution is -2.48. The number of methoxy groups -OCH3 is 1. The SMILES string of the molecule is COc1ccccc1[C@@H](C)CC(=O)N1Cc2ccccc2C[C@@H]1C(=O)O. The molecule has 0 saturated carbocycles. The van der Waals surface area contributed by atoms with E-state index in [2.05, 4.69) is 0 Å². The number of ether oxygens (including phenoxy) is 1. The van der Waals surface area contributed by atoms with Crippen LogP contribution in [-0.4, -0.2) is 35.0 Å². The summed E-state index contributed by atoms with van der Waals surface area (Å²) in [5.41, 5.74) is 2.97. The molecule has 1 aliphatic heterocycles. The van der Waals surface area contributed by atoms with Gasteiger partial charge in [-0.25, -0.2) is 4.79 Å². The molecule has 0 saturated heterocycles. The number of fused-ring (bicyclic) bond motifs is 1. The topological polar surface area (TPSA) is 66.8 Å². The fourth-order valence-corrected chi connectivity index (χ4v) is 3.57. The first-order valence-electron chi connectivity index (χ1n) is 8.73. The van der Waals surface area contributed by atoms with Crippen LogP contribution in [-0.2, 0) is 22.6 Å². The molecule has 5 heteroatoms. The van der Waals surface area contributed by atoms with Gasteiger partial charge in [0.15, 0.2) is 0 Å². The maximum atomic E-state index is 12.9. The molecule has 1 aliphatic rings. The molecule has 0 aromatic heterocycles. The van der Waals surface area contributed by atoms with Crippen LogP contribution in [0.15, 0.2) is 48.5 Å². The van der Waals surface area contributed by atoms with Crippen molar-refractivity contribution in [1.29, 1.82) is 0 Å². The summed E-state index contributed by atoms with van der Waals surface area (Å²) >= 11 is 0. The minimum Gasteiger partial charge on any atom is -0.496 e. The average molecular weight is 353 g/mol. The van der Waals surface area contributed by atoms with E-state index >= 15 is 0 Å². The molecule has 2 aromatic rings. The van der Waals surface area contributed by atoms with Crippen molar-refractivity contribution in [2.45, 2.75) is 38.3 Å². The van der Waals surface area contributed by atoms with Gasteiger partial charge in [-0.2, -0.15) is 0 Å². The Bertz CT molecular complexity index is 817. The van der Waals surface area contributed by atoms with Crippen LogP contribution in [0.3, 0.4) is 0 Å². The van der Waals surface area contributed by atoms with Crippen LogP contribution < -0.4 is 4.74 Å². The standard InChI is InChI=1S/C21H23NO4/c1-14(17-9-5-6-10-19(17)26-2)11-20(23)22-13-16-8-4-3-7-15(16)12-18(22)21(24)25/h3-10,14,18H,11-13H2,1-2H3,(H,24,25)/t14-,18+/m0/s1. The minimum atomic E-state index is -0.960. The Morgan fingerprint density at radius 1 is 1.15 bits per heavy atom. The van der Waals surface area contributed by atoms with Crippen molar-refractivity contribution in [3.05, 3.63) is 65.2 Å². The van der Waals surface area contributed by atoms with E-state index in [1.165, 1.54) is 4.90 Å². The zero-order valence-electron chi connectivity index (χ0n) is 15.0. The van der Waals surface area contributed by atoms with Crippen LogP contribution in [0.5, 0.6) is 5.75 Å². The highest BCUT2D eigenvalue weighted by atomic mass is 16.5. The first-order valence-corrected chi connectivity index (χ1v) is 8.73. The van der Waals surface area contributed by atoms with E-state index in [0.29, 0.717) is 13.0 Å². The van der Waals surface area contributed by atoms with Crippen molar-refractivity contribution in [3.63, 3.8) is 0 Å². The number of carboxylic acid groups (broad SMARTS) is 1. The zero-order valence-corrected chi connectivity index (χ0v) is 15.0. The molecule has 0 aliphatic carbocycles. The van der Waals surface area contributed by atoms with Gasteiger partial charge in [-0.3, -0.25) is 4.79 Å². The average Bonchev–Trinajstić information content (AvgIpc) is 2.66. The Kier molecular flexibility index (Phi) is 5.26. The minimum absolute atomic E-state index is 0.0646. The van der Waals surface area contributed by atoms with Gasteiger partial charge < -0.3 is 14.7 Å². The molecule has 1 N–H and O–H groups in total. The van der Waals surface area contributed by atoms with Crippen molar-refractivity contribution in [2.24, 2.45) is 0 Å². The normalized spacial score (nSPS) is 17.3. The number of hydrogen-bond acceptors (Lipinski definition) is 3. The third-order valence-corrected chi connectivity index (χ3v) is 5.00. The van der Waals surface area contributed by atoms with Crippen molar-refractivity contribution < 1.29 is 19.4 Å². The highest BCUT2D eigenvalue weighted by Gasteiger charge is 2.35. The number of hydrogen-bond donors (Lipinski definition) is 1. The molecule has 3 rings (SSSR count). The molecule has 136 valence electrons. The number of para-hydroxylation sites is 1. The van der Waals surface area contributed by atoms with E-state index in [1.54, 1.807) is 7.11 Å². The van der Waals surface area contributed by atoms with Gasteiger partial charge in [-0.05, 0) is 28.7 Å². The quantitative estimate of drug-likeness (QED) is 0.896. The van der Waals surface area contributed by atoms with E-state index in [9.17, 15) is 14.7 Å². The third kappa shape index (κ3) is 3.57. The Hall–Kier alpha value is -2.82. The first kappa shape index (κ1) is 18.0. The lowest BCUT2D eigenvalue weighted by molar-refractivity contribution is -0.151. The van der Waals surface area contributed by atoms with Crippen molar-refractivity contribution in [2.75, 3.05) is 7.11 Å². The second-order valence-corrected chi connectivity index (χ2v) is 6.70. The Balaban J connectivity index is 1.80. The van der Waals surface area contributed by atoms with E-state index < -0.39 is 12.0 Å². The lowest BCUT2D eigenvalue weighted by Gasteiger charge is -2.35. The first-order chi connectivity index (χ1) is 12.5. The highest BCUT2D eigenvalue weighted by Crippen LogP contribution is 2.31. The van der Waals surface area contributed by atoms with Crippen molar-refractivity contribution in [3.8, 4) is 5.75 Å². The van der Waals surface area contributed by atoms with Crippen LogP contribution in [0.2, 0.25) is 0 Å². The molecule has 0 radical (unpaired) electrons. The fraction of sp³-hybridized carbons (Fsp3) is 0.333. The van der Waals surface area contributed by atoms with Crippen LogP contribution >= 0.6 is 0 Å². The van der Waals surface area contributed by atoms with E-state index in [4.69, 9.17) is 4.74 Å². The summed E-state index contributed by atoms with van der Waals surface area (Å²) in [5.74, 6) is -0.431. The monoisotopic (exact) mass is 353 g/mol. The molecular weight excluding hydrogens is 330 g/mol. The molecule has 1 heterocycles. The van der Waals surface area contributed by atoms with E-state index in [1.807, 2.05) is 55.5 Å². The summed E-state index contributed by atoms with van der Waals surface area (Å²) in [4.78, 5) is 26.1. The molecule has 2 atom stereocenters. The second kappa shape index (κ2) is 7.60. The van der Waals surface area contributed by atoms with E-state index in [0.717, 1.165) is 22.4 Å². The molecule has 1 amide bonds.